The normalized spacial score (nSPS) is 16.7. The lowest BCUT2D eigenvalue weighted by atomic mass is 9.77. The maximum absolute atomic E-state index is 14.7. The van der Waals surface area contributed by atoms with E-state index in [4.69, 9.17) is 4.74 Å². The molecule has 0 spiro atoms. The molecular weight excluding hydrogens is 558 g/mol. The van der Waals surface area contributed by atoms with E-state index in [0.717, 1.165) is 0 Å². The van der Waals surface area contributed by atoms with Gasteiger partial charge in [-0.25, -0.2) is 4.39 Å². The van der Waals surface area contributed by atoms with Crippen LogP contribution in [0.4, 0.5) is 17.6 Å². The molecule has 228 valence electrons. The second-order valence-corrected chi connectivity index (χ2v) is 10.8. The van der Waals surface area contributed by atoms with E-state index in [2.05, 4.69) is 16.0 Å². The van der Waals surface area contributed by atoms with Crippen molar-refractivity contribution in [2.75, 3.05) is 7.11 Å². The van der Waals surface area contributed by atoms with Gasteiger partial charge in [-0.2, -0.15) is 13.2 Å². The van der Waals surface area contributed by atoms with E-state index in [1.54, 1.807) is 12.1 Å². The first kappa shape index (κ1) is 32.6. The minimum absolute atomic E-state index is 0.195. The third-order valence-electron chi connectivity index (χ3n) is 7.55. The first-order chi connectivity index (χ1) is 19.7. The molecule has 1 saturated carbocycles. The summed E-state index contributed by atoms with van der Waals surface area (Å²) in [4.78, 5) is 52.1. The summed E-state index contributed by atoms with van der Waals surface area (Å²) in [6.07, 6.45) is -3.04. The average molecular weight is 594 g/mol. The van der Waals surface area contributed by atoms with Gasteiger partial charge in [0, 0.05) is 5.56 Å². The zero-order chi connectivity index (χ0) is 31.2. The van der Waals surface area contributed by atoms with E-state index in [9.17, 15) is 36.7 Å². The number of ketones is 1. The first-order valence-corrected chi connectivity index (χ1v) is 13.6. The Morgan fingerprint density at radius 3 is 1.98 bits per heavy atom. The molecule has 3 N–H and O–H groups in total. The molecule has 1 fully saturated rings. The van der Waals surface area contributed by atoms with Gasteiger partial charge in [0.05, 0.1) is 18.6 Å². The predicted octanol–water partition coefficient (Wildman–Crippen LogP) is 4.28. The van der Waals surface area contributed by atoms with Crippen molar-refractivity contribution in [2.24, 2.45) is 5.92 Å². The van der Waals surface area contributed by atoms with Crippen molar-refractivity contribution in [2.45, 2.75) is 76.2 Å². The number of hydrogen-bond donors (Lipinski definition) is 3. The minimum atomic E-state index is -5.19. The molecule has 1 aliphatic carbocycles. The third kappa shape index (κ3) is 7.27. The maximum Gasteiger partial charge on any atom is 0.452 e. The van der Waals surface area contributed by atoms with E-state index < -0.39 is 65.0 Å². The molecule has 0 aromatic heterocycles. The fraction of sp³-hybridized carbons (Fsp3) is 0.467. The van der Waals surface area contributed by atoms with Gasteiger partial charge in [0.15, 0.2) is 0 Å². The molecule has 0 radical (unpaired) electrons. The summed E-state index contributed by atoms with van der Waals surface area (Å²) in [5.74, 6) is -5.56. The van der Waals surface area contributed by atoms with Gasteiger partial charge in [-0.3, -0.25) is 19.2 Å². The number of halogens is 4. The highest BCUT2D eigenvalue weighted by Crippen LogP contribution is 2.42. The topological polar surface area (TPSA) is 114 Å². The number of carbonyl (C=O) groups excluding carboxylic acids is 4. The summed E-state index contributed by atoms with van der Waals surface area (Å²) < 4.78 is 59.5. The Morgan fingerprint density at radius 2 is 1.45 bits per heavy atom. The van der Waals surface area contributed by atoms with Gasteiger partial charge in [-0.15, -0.1) is 0 Å². The highest BCUT2D eigenvalue weighted by Gasteiger charge is 2.47. The highest BCUT2D eigenvalue weighted by atomic mass is 19.4. The van der Waals surface area contributed by atoms with Crippen molar-refractivity contribution in [3.05, 3.63) is 65.5 Å². The summed E-state index contributed by atoms with van der Waals surface area (Å²) in [6, 6.07) is 7.22. The molecule has 42 heavy (non-hydrogen) atoms. The summed E-state index contributed by atoms with van der Waals surface area (Å²) in [6.45, 7) is 4.08. The number of Topliss-reactive ketones (excluding diaryl/α,β-unsaturated/α-hetero) is 1. The molecule has 3 atom stereocenters. The summed E-state index contributed by atoms with van der Waals surface area (Å²) in [5, 5.41) is 7.24. The van der Waals surface area contributed by atoms with Crippen molar-refractivity contribution >= 4 is 23.5 Å². The van der Waals surface area contributed by atoms with Crippen LogP contribution in [0.15, 0.2) is 48.5 Å². The van der Waals surface area contributed by atoms with Gasteiger partial charge in [-0.1, -0.05) is 57.0 Å². The minimum Gasteiger partial charge on any atom is -0.497 e. The fourth-order valence-electron chi connectivity index (χ4n) is 5.16. The molecule has 0 saturated heterocycles. The second-order valence-electron chi connectivity index (χ2n) is 10.8. The number of ether oxygens (including phenoxy) is 1. The molecule has 3 rings (SSSR count). The number of benzene rings is 2. The van der Waals surface area contributed by atoms with Crippen LogP contribution in [0.25, 0.3) is 0 Å². The van der Waals surface area contributed by atoms with Crippen molar-refractivity contribution in [1.29, 1.82) is 0 Å². The molecule has 0 unspecified atom stereocenters. The first-order valence-electron chi connectivity index (χ1n) is 13.6. The number of rotatable bonds is 11. The zero-order valence-electron chi connectivity index (χ0n) is 23.8. The van der Waals surface area contributed by atoms with Crippen LogP contribution in [-0.2, 0) is 24.6 Å². The number of amides is 3. The van der Waals surface area contributed by atoms with Gasteiger partial charge in [0.1, 0.15) is 23.7 Å². The lowest BCUT2D eigenvalue weighted by Gasteiger charge is -2.31. The Kier molecular flexibility index (Phi) is 10.3. The number of hydrogen-bond acceptors (Lipinski definition) is 5. The monoisotopic (exact) mass is 593 g/mol. The van der Waals surface area contributed by atoms with Crippen molar-refractivity contribution in [3.8, 4) is 5.75 Å². The largest absolute Gasteiger partial charge is 0.497 e. The Hall–Kier alpha value is -3.96. The van der Waals surface area contributed by atoms with Gasteiger partial charge < -0.3 is 20.7 Å². The van der Waals surface area contributed by atoms with Crippen molar-refractivity contribution in [1.82, 2.24) is 16.0 Å². The van der Waals surface area contributed by atoms with Crippen LogP contribution in [0.1, 0.15) is 63.6 Å². The van der Waals surface area contributed by atoms with Crippen LogP contribution in [0, 0.1) is 11.7 Å². The molecule has 1 aliphatic rings. The molecule has 0 bridgehead atoms. The molecule has 2 aromatic rings. The molecule has 2 aromatic carbocycles. The zero-order valence-corrected chi connectivity index (χ0v) is 23.8. The Labute approximate surface area is 241 Å². The Bertz CT molecular complexity index is 1290. The molecule has 3 amide bonds. The lowest BCUT2D eigenvalue weighted by molar-refractivity contribution is -0.175. The standard InChI is InChI=1S/C30H35F4N3O5/c1-17(2)23(25(38)30(32,33)34)36-27(40)24(19-11-13-20(42-4)14-12-19)37-26(39)18(3)35-28(41)29(15-7-8-16-29)21-9-5-6-10-22(21)31/h5-6,9-14,17-18,23-24H,7-8,15-16H2,1-4H3,(H,35,41)(H,36,40)(H,37,39)/t18-,23-,24-/m0/s1. The highest BCUT2D eigenvalue weighted by molar-refractivity contribution is 5.97. The van der Waals surface area contributed by atoms with Gasteiger partial charge in [0.25, 0.3) is 5.78 Å². The third-order valence-corrected chi connectivity index (χ3v) is 7.55. The predicted molar refractivity (Wildman–Crippen MR) is 146 cm³/mol. The molecular formula is C30H35F4N3O5. The molecule has 0 heterocycles. The SMILES string of the molecule is COc1ccc([C@H](NC(=O)[C@H](C)NC(=O)C2(c3ccccc3F)CCCC2)C(=O)N[C@H](C(=O)C(F)(F)F)C(C)C)cc1. The van der Waals surface area contributed by atoms with E-state index >= 15 is 0 Å². The molecule has 8 nitrogen and oxygen atoms in total. The maximum atomic E-state index is 14.7. The van der Waals surface area contributed by atoms with E-state index in [1.807, 2.05) is 0 Å². The summed E-state index contributed by atoms with van der Waals surface area (Å²) in [5.41, 5.74) is -0.743. The Balaban J connectivity index is 1.84. The van der Waals surface area contributed by atoms with Crippen LogP contribution in [0.5, 0.6) is 5.75 Å². The fourth-order valence-corrected chi connectivity index (χ4v) is 5.16. The summed E-state index contributed by atoms with van der Waals surface area (Å²) in [7, 11) is 1.42. The van der Waals surface area contributed by atoms with Crippen molar-refractivity contribution < 1.29 is 41.5 Å². The van der Waals surface area contributed by atoms with Crippen LogP contribution in [-0.4, -0.2) is 48.9 Å². The van der Waals surface area contributed by atoms with Gasteiger partial charge in [0.2, 0.25) is 17.7 Å². The van der Waals surface area contributed by atoms with Crippen LogP contribution in [0.3, 0.4) is 0 Å². The average Bonchev–Trinajstić information content (AvgIpc) is 3.44. The van der Waals surface area contributed by atoms with E-state index in [0.29, 0.717) is 31.4 Å². The summed E-state index contributed by atoms with van der Waals surface area (Å²) >= 11 is 0. The van der Waals surface area contributed by atoms with E-state index in [1.165, 1.54) is 64.3 Å². The number of alkyl halides is 3. The Morgan fingerprint density at radius 1 is 0.857 bits per heavy atom. The number of methoxy groups -OCH3 is 1. The van der Waals surface area contributed by atoms with Crippen LogP contribution in [0.2, 0.25) is 0 Å². The van der Waals surface area contributed by atoms with Crippen LogP contribution < -0.4 is 20.7 Å². The van der Waals surface area contributed by atoms with E-state index in [-0.39, 0.29) is 11.1 Å². The van der Waals surface area contributed by atoms with Gasteiger partial charge >= 0.3 is 6.18 Å². The van der Waals surface area contributed by atoms with Gasteiger partial charge in [-0.05, 0) is 49.4 Å². The molecule has 0 aliphatic heterocycles. The number of carbonyl (C=O) groups is 4. The number of nitrogens with one attached hydrogen (secondary N) is 3. The smallest absolute Gasteiger partial charge is 0.452 e. The lowest BCUT2D eigenvalue weighted by Crippen LogP contribution is -2.55. The second kappa shape index (κ2) is 13.3. The van der Waals surface area contributed by atoms with Crippen LogP contribution >= 0.6 is 0 Å². The van der Waals surface area contributed by atoms with Crippen molar-refractivity contribution in [3.63, 3.8) is 0 Å². The molecule has 12 heteroatoms. The quantitative estimate of drug-likeness (QED) is 0.337.